The number of benzene rings is 2. The van der Waals surface area contributed by atoms with Gasteiger partial charge in [0, 0.05) is 36.2 Å². The lowest BCUT2D eigenvalue weighted by atomic mass is 10.1. The fourth-order valence-corrected chi connectivity index (χ4v) is 4.54. The van der Waals surface area contributed by atoms with Crippen LogP contribution in [0.15, 0.2) is 30.3 Å². The first-order chi connectivity index (χ1) is 18.0. The van der Waals surface area contributed by atoms with Gasteiger partial charge in [-0.05, 0) is 43.9 Å². The molecule has 1 heterocycles. The number of nitrogen functional groups attached to an aromatic ring is 1. The number of hydrogen-bond donors (Lipinski definition) is 3. The minimum absolute atomic E-state index is 0.0259. The molecule has 4 N–H and O–H groups in total. The Balaban J connectivity index is 2.05. The van der Waals surface area contributed by atoms with E-state index in [1.165, 1.54) is 0 Å². The zero-order chi connectivity index (χ0) is 26.6. The number of nitrogens with two attached hydrogens (primary N) is 1. The monoisotopic (exact) mass is 508 g/mol. The Morgan fingerprint density at radius 3 is 2.59 bits per heavy atom. The number of ether oxygens (including phenoxy) is 2. The third-order valence-corrected chi connectivity index (χ3v) is 6.23. The smallest absolute Gasteiger partial charge is 0.303 e. The second-order valence-corrected chi connectivity index (χ2v) is 9.01. The average molecular weight is 509 g/mol. The van der Waals surface area contributed by atoms with Gasteiger partial charge in [0.25, 0.3) is 5.91 Å². The molecule has 0 aliphatic heterocycles. The molecule has 37 heavy (non-hydrogen) atoms. The van der Waals surface area contributed by atoms with Crippen LogP contribution in [0.1, 0.15) is 75.1 Å². The van der Waals surface area contributed by atoms with Crippen LogP contribution < -0.4 is 20.7 Å². The van der Waals surface area contributed by atoms with E-state index in [0.717, 1.165) is 66.9 Å². The lowest BCUT2D eigenvalue weighted by molar-refractivity contribution is -0.137. The SMILES string of the molecule is CCCOc1cc(OCCCC(=O)O)cc2c3c(C(=O)NN)cccc3n(CCCCCCCC#N)c12. The van der Waals surface area contributed by atoms with E-state index in [4.69, 9.17) is 25.7 Å². The molecule has 0 spiro atoms. The predicted molar refractivity (Wildman–Crippen MR) is 143 cm³/mol. The van der Waals surface area contributed by atoms with Crippen molar-refractivity contribution in [3.05, 3.63) is 35.9 Å². The van der Waals surface area contributed by atoms with Gasteiger partial charge in [-0.1, -0.05) is 32.3 Å². The van der Waals surface area contributed by atoms with Crippen LogP contribution in [0.2, 0.25) is 0 Å². The van der Waals surface area contributed by atoms with E-state index in [9.17, 15) is 9.59 Å². The normalized spacial score (nSPS) is 10.9. The maximum absolute atomic E-state index is 12.7. The summed E-state index contributed by atoms with van der Waals surface area (Å²) < 4.78 is 14.3. The molecule has 0 aliphatic rings. The van der Waals surface area contributed by atoms with E-state index in [0.29, 0.717) is 36.5 Å². The van der Waals surface area contributed by atoms with Crippen LogP contribution >= 0.6 is 0 Å². The Kier molecular flexibility index (Phi) is 10.6. The Morgan fingerprint density at radius 1 is 1.08 bits per heavy atom. The Bertz CT molecular complexity index is 1260. The van der Waals surface area contributed by atoms with Gasteiger partial charge in [0.1, 0.15) is 11.5 Å². The highest BCUT2D eigenvalue weighted by Crippen LogP contribution is 2.40. The number of unbranched alkanes of at least 4 members (excludes halogenated alkanes) is 5. The minimum Gasteiger partial charge on any atom is -0.493 e. The average Bonchev–Trinajstić information content (AvgIpc) is 3.22. The zero-order valence-corrected chi connectivity index (χ0v) is 21.4. The molecule has 198 valence electrons. The summed E-state index contributed by atoms with van der Waals surface area (Å²) in [6, 6.07) is 11.5. The molecule has 0 atom stereocenters. The van der Waals surface area contributed by atoms with E-state index < -0.39 is 5.97 Å². The summed E-state index contributed by atoms with van der Waals surface area (Å²) in [6.07, 6.45) is 6.83. The van der Waals surface area contributed by atoms with Gasteiger partial charge in [-0.2, -0.15) is 5.26 Å². The fourth-order valence-electron chi connectivity index (χ4n) is 4.54. The summed E-state index contributed by atoms with van der Waals surface area (Å²) in [7, 11) is 0. The van der Waals surface area contributed by atoms with Gasteiger partial charge in [-0.25, -0.2) is 5.84 Å². The molecule has 3 aromatic rings. The summed E-state index contributed by atoms with van der Waals surface area (Å²) in [5.41, 5.74) is 4.51. The topological polar surface area (TPSA) is 140 Å². The molecule has 2 aromatic carbocycles. The molecule has 1 amide bonds. The number of carbonyl (C=O) groups is 2. The van der Waals surface area contributed by atoms with Crippen molar-refractivity contribution in [2.75, 3.05) is 13.2 Å². The van der Waals surface area contributed by atoms with Crippen LogP contribution in [0, 0.1) is 11.3 Å². The molecule has 0 bridgehead atoms. The first kappa shape index (κ1) is 27.8. The Morgan fingerprint density at radius 2 is 1.86 bits per heavy atom. The van der Waals surface area contributed by atoms with E-state index in [2.05, 4.69) is 16.1 Å². The first-order valence-corrected chi connectivity index (χ1v) is 13.0. The van der Waals surface area contributed by atoms with E-state index in [1.807, 2.05) is 31.2 Å². The summed E-state index contributed by atoms with van der Waals surface area (Å²) >= 11 is 0. The lowest BCUT2D eigenvalue weighted by Crippen LogP contribution is -2.30. The van der Waals surface area contributed by atoms with Crippen molar-refractivity contribution in [2.45, 2.75) is 71.3 Å². The van der Waals surface area contributed by atoms with Crippen LogP contribution in [-0.4, -0.2) is 34.8 Å². The van der Waals surface area contributed by atoms with Gasteiger partial charge in [-0.15, -0.1) is 0 Å². The minimum atomic E-state index is -0.864. The Labute approximate surface area is 217 Å². The molecule has 0 fully saturated rings. The first-order valence-electron chi connectivity index (χ1n) is 13.0. The standard InChI is InChI=1S/C28H36N4O5/c1-2-16-37-24-19-20(36-17-10-13-25(33)34)18-22-26-21(28(35)31-30)11-9-12-23(26)32(27(22)24)15-8-6-4-3-5-7-14-29/h9,11-12,18-19H,2-8,10,13,15-17,30H2,1H3,(H,31,35)(H,33,34). The highest BCUT2D eigenvalue weighted by molar-refractivity contribution is 6.19. The summed E-state index contributed by atoms with van der Waals surface area (Å²) in [5.74, 6) is 5.48. The highest BCUT2D eigenvalue weighted by Gasteiger charge is 2.21. The molecule has 0 saturated carbocycles. The molecule has 0 saturated heterocycles. The summed E-state index contributed by atoms with van der Waals surface area (Å²) in [6.45, 7) is 3.56. The Hall–Kier alpha value is -3.77. The number of rotatable bonds is 16. The second-order valence-electron chi connectivity index (χ2n) is 9.01. The number of carbonyl (C=O) groups excluding carboxylic acids is 1. The van der Waals surface area contributed by atoms with Gasteiger partial charge in [-0.3, -0.25) is 15.0 Å². The number of hydrazine groups is 1. The number of nitrogens with one attached hydrogen (secondary N) is 1. The number of nitrogens with zero attached hydrogens (tertiary/aromatic N) is 2. The number of fused-ring (bicyclic) bond motifs is 3. The molecule has 0 unspecified atom stereocenters. The number of carboxylic acids is 1. The number of aryl methyl sites for hydroxylation is 1. The van der Waals surface area contributed by atoms with Crippen molar-refractivity contribution < 1.29 is 24.2 Å². The van der Waals surface area contributed by atoms with Crippen molar-refractivity contribution in [1.29, 1.82) is 5.26 Å². The summed E-state index contributed by atoms with van der Waals surface area (Å²) in [5, 5.41) is 19.2. The summed E-state index contributed by atoms with van der Waals surface area (Å²) in [4.78, 5) is 23.6. The van der Waals surface area contributed by atoms with Crippen molar-refractivity contribution >= 4 is 33.7 Å². The maximum atomic E-state index is 12.7. The largest absolute Gasteiger partial charge is 0.493 e. The van der Waals surface area contributed by atoms with Gasteiger partial charge in [0.2, 0.25) is 0 Å². The van der Waals surface area contributed by atoms with Crippen molar-refractivity contribution in [3.8, 4) is 17.6 Å². The molecule has 3 rings (SSSR count). The molecule has 0 aliphatic carbocycles. The number of nitriles is 1. The van der Waals surface area contributed by atoms with Crippen molar-refractivity contribution in [3.63, 3.8) is 0 Å². The quantitative estimate of drug-likeness (QED) is 0.103. The zero-order valence-electron chi connectivity index (χ0n) is 21.4. The molecular weight excluding hydrogens is 472 g/mol. The van der Waals surface area contributed by atoms with Gasteiger partial charge in [0.05, 0.1) is 35.9 Å². The van der Waals surface area contributed by atoms with Crippen molar-refractivity contribution in [2.24, 2.45) is 5.84 Å². The van der Waals surface area contributed by atoms with E-state index in [-0.39, 0.29) is 18.9 Å². The van der Waals surface area contributed by atoms with E-state index >= 15 is 0 Å². The highest BCUT2D eigenvalue weighted by atomic mass is 16.5. The van der Waals surface area contributed by atoms with Crippen LogP contribution in [0.4, 0.5) is 0 Å². The van der Waals surface area contributed by atoms with Crippen LogP contribution in [-0.2, 0) is 11.3 Å². The second kappa shape index (κ2) is 14.1. The number of hydrogen-bond acceptors (Lipinski definition) is 6. The van der Waals surface area contributed by atoms with E-state index in [1.54, 1.807) is 6.07 Å². The third-order valence-electron chi connectivity index (χ3n) is 6.23. The fraction of sp³-hybridized carbons (Fsp3) is 0.464. The van der Waals surface area contributed by atoms with Crippen LogP contribution in [0.5, 0.6) is 11.5 Å². The molecular formula is C28H36N4O5. The number of aliphatic carboxylic acids is 1. The maximum Gasteiger partial charge on any atom is 0.303 e. The lowest BCUT2D eigenvalue weighted by Gasteiger charge is -2.14. The molecule has 9 heteroatoms. The number of carboxylic acid groups (broad SMARTS) is 1. The van der Waals surface area contributed by atoms with Crippen LogP contribution in [0.3, 0.4) is 0 Å². The van der Waals surface area contributed by atoms with Crippen molar-refractivity contribution in [1.82, 2.24) is 9.99 Å². The van der Waals surface area contributed by atoms with Gasteiger partial charge < -0.3 is 19.1 Å². The van der Waals surface area contributed by atoms with Crippen LogP contribution in [0.25, 0.3) is 21.8 Å². The predicted octanol–water partition coefficient (Wildman–Crippen LogP) is 5.29. The van der Waals surface area contributed by atoms with Gasteiger partial charge in [0.15, 0.2) is 0 Å². The molecule has 0 radical (unpaired) electrons. The third kappa shape index (κ3) is 7.14. The number of amides is 1. The molecule has 1 aromatic heterocycles. The number of aromatic nitrogens is 1. The molecule has 9 nitrogen and oxygen atoms in total. The van der Waals surface area contributed by atoms with Gasteiger partial charge >= 0.3 is 5.97 Å².